The molecule has 1 aromatic rings. The molecule has 1 atom stereocenters. The van der Waals surface area contributed by atoms with Crippen molar-refractivity contribution >= 4 is 34.8 Å². The van der Waals surface area contributed by atoms with Gasteiger partial charge in [0.25, 0.3) is 0 Å². The molecule has 0 aliphatic heterocycles. The van der Waals surface area contributed by atoms with Crippen molar-refractivity contribution in [3.05, 3.63) is 21.3 Å². The summed E-state index contributed by atoms with van der Waals surface area (Å²) in [6.07, 6.45) is 0.940. The van der Waals surface area contributed by atoms with Crippen LogP contribution < -0.4 is 0 Å². The Kier molecular flexibility index (Phi) is 8.45. The zero-order valence-corrected chi connectivity index (χ0v) is 14.5. The van der Waals surface area contributed by atoms with Crippen LogP contribution in [-0.2, 0) is 20.7 Å². The second-order valence-corrected chi connectivity index (χ2v) is 6.81. The summed E-state index contributed by atoms with van der Waals surface area (Å²) in [5.41, 5.74) is 0. The minimum absolute atomic E-state index is 0.0804. The molecule has 0 aliphatic rings. The molecule has 0 fully saturated rings. The highest BCUT2D eigenvalue weighted by Crippen LogP contribution is 2.22. The fourth-order valence-corrected chi connectivity index (χ4v) is 3.01. The summed E-state index contributed by atoms with van der Waals surface area (Å²) in [5.74, 6) is -1.58. The van der Waals surface area contributed by atoms with E-state index in [4.69, 9.17) is 21.4 Å². The zero-order valence-electron chi connectivity index (χ0n) is 12.9. The molecule has 0 aromatic carbocycles. The number of hydrogen-bond acceptors (Lipinski definition) is 4. The normalized spacial score (nSPS) is 12.1. The highest BCUT2D eigenvalue weighted by Gasteiger charge is 2.21. The van der Waals surface area contributed by atoms with Gasteiger partial charge in [0.15, 0.2) is 0 Å². The zero-order chi connectivity index (χ0) is 16.5. The third kappa shape index (κ3) is 6.77. The molecular formula is C15H22ClNO4S. The van der Waals surface area contributed by atoms with Gasteiger partial charge in [-0.05, 0) is 25.5 Å². The minimum atomic E-state index is -0.901. The number of carbonyl (C=O) groups is 2. The van der Waals surface area contributed by atoms with E-state index in [0.717, 1.165) is 4.88 Å². The summed E-state index contributed by atoms with van der Waals surface area (Å²) in [7, 11) is 0. The fraction of sp³-hybridized carbons (Fsp3) is 0.600. The maximum Gasteiger partial charge on any atom is 0.308 e. The largest absolute Gasteiger partial charge is 0.481 e. The number of nitrogens with zero attached hydrogens (tertiary/aromatic N) is 1. The first-order valence-corrected chi connectivity index (χ1v) is 8.46. The standard InChI is InChI=1S/C15H22ClNO4S/c1-3-21-8-4-7-17(10-11(2)15(19)20)14(18)9-12-5-6-13(16)22-12/h5-6,11H,3-4,7-10H2,1-2H3,(H,19,20). The van der Waals surface area contributed by atoms with E-state index in [1.54, 1.807) is 17.9 Å². The molecule has 1 rings (SSSR count). The Bertz CT molecular complexity index is 492. The van der Waals surface area contributed by atoms with Crippen LogP contribution in [0.1, 0.15) is 25.1 Å². The van der Waals surface area contributed by atoms with Crippen LogP contribution >= 0.6 is 22.9 Å². The topological polar surface area (TPSA) is 66.8 Å². The van der Waals surface area contributed by atoms with Crippen LogP contribution in [0.2, 0.25) is 4.34 Å². The van der Waals surface area contributed by atoms with E-state index in [-0.39, 0.29) is 18.9 Å². The van der Waals surface area contributed by atoms with Crippen molar-refractivity contribution in [2.24, 2.45) is 5.92 Å². The van der Waals surface area contributed by atoms with E-state index in [1.807, 2.05) is 13.0 Å². The number of carboxylic acids is 1. The molecule has 7 heteroatoms. The second kappa shape index (κ2) is 9.82. The number of aliphatic carboxylic acids is 1. The predicted molar refractivity (Wildman–Crippen MR) is 87.5 cm³/mol. The third-order valence-electron chi connectivity index (χ3n) is 3.14. The molecule has 0 aliphatic carbocycles. The van der Waals surface area contributed by atoms with E-state index in [0.29, 0.717) is 30.5 Å². The molecule has 0 saturated carbocycles. The van der Waals surface area contributed by atoms with E-state index >= 15 is 0 Å². The lowest BCUT2D eigenvalue weighted by molar-refractivity contribution is -0.143. The van der Waals surface area contributed by atoms with Gasteiger partial charge in [-0.1, -0.05) is 18.5 Å². The maximum atomic E-state index is 12.4. The van der Waals surface area contributed by atoms with Crippen LogP contribution in [0.15, 0.2) is 12.1 Å². The Morgan fingerprint density at radius 2 is 2.18 bits per heavy atom. The van der Waals surface area contributed by atoms with Crippen LogP contribution in [0.5, 0.6) is 0 Å². The van der Waals surface area contributed by atoms with Gasteiger partial charge in [0.2, 0.25) is 5.91 Å². The van der Waals surface area contributed by atoms with Crippen molar-refractivity contribution in [1.82, 2.24) is 4.90 Å². The Morgan fingerprint density at radius 3 is 2.73 bits per heavy atom. The Hall–Kier alpha value is -1.11. The first-order chi connectivity index (χ1) is 10.4. The molecule has 1 N–H and O–H groups in total. The van der Waals surface area contributed by atoms with Gasteiger partial charge in [-0.15, -0.1) is 11.3 Å². The Labute approximate surface area is 139 Å². The maximum absolute atomic E-state index is 12.4. The molecule has 0 spiro atoms. The number of ether oxygens (including phenoxy) is 1. The third-order valence-corrected chi connectivity index (χ3v) is 4.37. The number of halogens is 1. The van der Waals surface area contributed by atoms with Crippen molar-refractivity contribution in [2.45, 2.75) is 26.7 Å². The van der Waals surface area contributed by atoms with Gasteiger partial charge < -0.3 is 14.7 Å². The highest BCUT2D eigenvalue weighted by atomic mass is 35.5. The lowest BCUT2D eigenvalue weighted by Gasteiger charge is -2.24. The van der Waals surface area contributed by atoms with Gasteiger partial charge in [-0.3, -0.25) is 9.59 Å². The number of amides is 1. The average molecular weight is 348 g/mol. The highest BCUT2D eigenvalue weighted by molar-refractivity contribution is 7.16. The molecule has 124 valence electrons. The van der Waals surface area contributed by atoms with E-state index in [9.17, 15) is 9.59 Å². The molecule has 1 amide bonds. The number of carbonyl (C=O) groups excluding carboxylic acids is 1. The lowest BCUT2D eigenvalue weighted by atomic mass is 10.1. The van der Waals surface area contributed by atoms with Gasteiger partial charge >= 0.3 is 5.97 Å². The molecule has 1 heterocycles. The van der Waals surface area contributed by atoms with Gasteiger partial charge in [0.05, 0.1) is 16.7 Å². The summed E-state index contributed by atoms with van der Waals surface area (Å²) in [4.78, 5) is 25.9. The minimum Gasteiger partial charge on any atom is -0.481 e. The number of rotatable bonds is 10. The quantitative estimate of drug-likeness (QED) is 0.661. The smallest absolute Gasteiger partial charge is 0.308 e. The molecule has 22 heavy (non-hydrogen) atoms. The fourth-order valence-electron chi connectivity index (χ4n) is 1.94. The second-order valence-electron chi connectivity index (χ2n) is 5.01. The molecule has 0 bridgehead atoms. The molecule has 0 radical (unpaired) electrons. The summed E-state index contributed by atoms with van der Waals surface area (Å²) in [6, 6.07) is 3.58. The van der Waals surface area contributed by atoms with Crippen LogP contribution in [0.4, 0.5) is 0 Å². The van der Waals surface area contributed by atoms with Crippen LogP contribution in [0.25, 0.3) is 0 Å². The van der Waals surface area contributed by atoms with Gasteiger partial charge in [-0.2, -0.15) is 0 Å². The monoisotopic (exact) mass is 347 g/mol. The van der Waals surface area contributed by atoms with E-state index < -0.39 is 11.9 Å². The molecule has 1 aromatic heterocycles. The molecular weight excluding hydrogens is 326 g/mol. The summed E-state index contributed by atoms with van der Waals surface area (Å²) in [6.45, 7) is 5.41. The van der Waals surface area contributed by atoms with Crippen molar-refractivity contribution < 1.29 is 19.4 Å². The van der Waals surface area contributed by atoms with Crippen molar-refractivity contribution in [2.75, 3.05) is 26.3 Å². The van der Waals surface area contributed by atoms with E-state index in [1.165, 1.54) is 11.3 Å². The van der Waals surface area contributed by atoms with Gasteiger partial charge in [-0.25, -0.2) is 0 Å². The number of thiophene rings is 1. The van der Waals surface area contributed by atoms with Crippen molar-refractivity contribution in [3.63, 3.8) is 0 Å². The van der Waals surface area contributed by atoms with Crippen LogP contribution in [0.3, 0.4) is 0 Å². The SMILES string of the molecule is CCOCCCN(CC(C)C(=O)O)C(=O)Cc1ccc(Cl)s1. The molecule has 0 saturated heterocycles. The summed E-state index contributed by atoms with van der Waals surface area (Å²) >= 11 is 7.23. The van der Waals surface area contributed by atoms with Gasteiger partial charge in [0, 0.05) is 31.2 Å². The lowest BCUT2D eigenvalue weighted by Crippen LogP contribution is -2.38. The van der Waals surface area contributed by atoms with Crippen LogP contribution in [-0.4, -0.2) is 48.2 Å². The Morgan fingerprint density at radius 1 is 1.45 bits per heavy atom. The van der Waals surface area contributed by atoms with E-state index in [2.05, 4.69) is 0 Å². The first-order valence-electron chi connectivity index (χ1n) is 7.26. The number of hydrogen-bond donors (Lipinski definition) is 1. The molecule has 1 unspecified atom stereocenters. The van der Waals surface area contributed by atoms with Gasteiger partial charge in [0.1, 0.15) is 0 Å². The predicted octanol–water partition coefficient (Wildman–Crippen LogP) is 2.92. The average Bonchev–Trinajstić information content (AvgIpc) is 2.86. The van der Waals surface area contributed by atoms with Crippen LogP contribution in [0, 0.1) is 5.92 Å². The summed E-state index contributed by atoms with van der Waals surface area (Å²) < 4.78 is 5.91. The summed E-state index contributed by atoms with van der Waals surface area (Å²) in [5, 5.41) is 9.04. The Balaban J connectivity index is 2.61. The number of carboxylic acid groups (broad SMARTS) is 1. The first kappa shape index (κ1) is 18.9. The molecule has 5 nitrogen and oxygen atoms in total. The van der Waals surface area contributed by atoms with Crippen molar-refractivity contribution in [3.8, 4) is 0 Å². The van der Waals surface area contributed by atoms with Crippen molar-refractivity contribution in [1.29, 1.82) is 0 Å².